The molecule has 1 spiro atoms. The average Bonchev–Trinajstić information content (AvgIpc) is 3.57. The summed E-state index contributed by atoms with van der Waals surface area (Å²) in [6, 6.07) is 13.9. The number of guanidine groups is 1. The number of pyridine rings is 1. The first-order valence-electron chi connectivity index (χ1n) is 22.8. The van der Waals surface area contributed by atoms with Gasteiger partial charge < -0.3 is 31.2 Å². The molecule has 62 heavy (non-hydrogen) atoms. The number of nitrogens with zero attached hydrogens (tertiary/aromatic N) is 5. The fourth-order valence-corrected chi connectivity index (χ4v) is 10.4. The van der Waals surface area contributed by atoms with E-state index in [1.807, 2.05) is 26.1 Å². The van der Waals surface area contributed by atoms with Crippen molar-refractivity contribution < 1.29 is 8.78 Å². The number of aryl methyl sites for hydroxylation is 1. The number of anilines is 2. The predicted octanol–water partition coefficient (Wildman–Crippen LogP) is 10.1. The van der Waals surface area contributed by atoms with E-state index >= 15 is 8.78 Å². The number of nitrogens with one attached hydrogen (secondary N) is 4. The second-order valence-electron chi connectivity index (χ2n) is 18.7. The summed E-state index contributed by atoms with van der Waals surface area (Å²) in [5.41, 5.74) is 11.3. The van der Waals surface area contributed by atoms with Crippen LogP contribution in [0.15, 0.2) is 84.3 Å². The Morgan fingerprint density at radius 3 is 2.32 bits per heavy atom. The molecule has 11 heteroatoms. The van der Waals surface area contributed by atoms with Crippen LogP contribution in [0.1, 0.15) is 111 Å². The molecule has 2 aromatic carbocycles. The zero-order chi connectivity index (χ0) is 43.5. The highest BCUT2D eigenvalue weighted by atomic mass is 19.1. The maximum absolute atomic E-state index is 15.3. The van der Waals surface area contributed by atoms with Crippen LogP contribution in [0.3, 0.4) is 0 Å². The molecular formula is C51H65F2N9. The summed E-state index contributed by atoms with van der Waals surface area (Å²) in [7, 11) is 1.93. The van der Waals surface area contributed by atoms with Crippen LogP contribution in [0, 0.1) is 35.3 Å². The van der Waals surface area contributed by atoms with Gasteiger partial charge in [0.2, 0.25) is 5.96 Å². The summed E-state index contributed by atoms with van der Waals surface area (Å²) in [4.78, 5) is 17.4. The SMILES string of the molecule is C=C1CCC(c2c(F)cc(CCN3CCC4(CC3)CCN(Cc3ccc5c(c3)N3C[C@H](C)CCCC/C(NC)=C(/C=N)c6cc(cc(C)n6)C(=C)/N=C/3N5)CC4)cc2F)C(=C)N1. The minimum Gasteiger partial charge on any atom is -0.391 e. The maximum atomic E-state index is 15.3. The van der Waals surface area contributed by atoms with Gasteiger partial charge in [-0.3, -0.25) is 9.88 Å². The molecule has 1 unspecified atom stereocenters. The molecule has 4 N–H and O–H groups in total. The van der Waals surface area contributed by atoms with Gasteiger partial charge in [0.05, 0.1) is 22.8 Å². The molecule has 3 fully saturated rings. The Labute approximate surface area is 367 Å². The van der Waals surface area contributed by atoms with Crippen molar-refractivity contribution in [2.75, 3.05) is 56.5 Å². The molecule has 8 rings (SSSR count). The van der Waals surface area contributed by atoms with E-state index in [1.54, 1.807) is 0 Å². The van der Waals surface area contributed by atoms with Crippen molar-refractivity contribution >= 4 is 34.8 Å². The number of allylic oxidation sites excluding steroid dienone is 4. The Bertz CT molecular complexity index is 2250. The number of aromatic nitrogens is 1. The molecule has 9 nitrogen and oxygen atoms in total. The number of fused-ring (bicyclic) bond motifs is 5. The van der Waals surface area contributed by atoms with E-state index in [0.29, 0.717) is 42.0 Å². The summed E-state index contributed by atoms with van der Waals surface area (Å²) in [5.74, 6) is -0.0757. The number of aliphatic imine (C=N–C) groups is 1. The lowest BCUT2D eigenvalue weighted by Gasteiger charge is -2.47. The molecule has 0 aliphatic carbocycles. The Balaban J connectivity index is 0.879. The molecule has 5 aliphatic rings. The van der Waals surface area contributed by atoms with Gasteiger partial charge in [-0.1, -0.05) is 39.1 Å². The summed E-state index contributed by atoms with van der Waals surface area (Å²) in [5, 5.41) is 18.3. The first-order valence-corrected chi connectivity index (χ1v) is 22.8. The highest BCUT2D eigenvalue weighted by Crippen LogP contribution is 2.43. The lowest BCUT2D eigenvalue weighted by molar-refractivity contribution is 0.0328. The van der Waals surface area contributed by atoms with Crippen molar-refractivity contribution in [2.45, 2.75) is 96.9 Å². The molecule has 1 aromatic heterocycles. The molecule has 2 bridgehead atoms. The quantitative estimate of drug-likeness (QED) is 0.168. The average molecular weight is 842 g/mol. The van der Waals surface area contributed by atoms with Gasteiger partial charge in [0.15, 0.2) is 0 Å². The van der Waals surface area contributed by atoms with Crippen LogP contribution in [-0.2, 0) is 13.0 Å². The van der Waals surface area contributed by atoms with Crippen LogP contribution in [0.25, 0.3) is 11.3 Å². The summed E-state index contributed by atoms with van der Waals surface area (Å²) < 4.78 is 30.6. The normalized spacial score (nSPS) is 24.6. The topological polar surface area (TPSA) is 94.9 Å². The highest BCUT2D eigenvalue weighted by molar-refractivity contribution is 6.16. The minimum absolute atomic E-state index is 0.125. The molecular weight excluding hydrogens is 777 g/mol. The smallest absolute Gasteiger partial charge is 0.208 e. The highest BCUT2D eigenvalue weighted by Gasteiger charge is 2.38. The number of piperidine rings is 3. The van der Waals surface area contributed by atoms with Crippen molar-refractivity contribution in [2.24, 2.45) is 16.3 Å². The Morgan fingerprint density at radius 2 is 1.63 bits per heavy atom. The lowest BCUT2D eigenvalue weighted by Crippen LogP contribution is -2.47. The third kappa shape index (κ3) is 9.59. The predicted molar refractivity (Wildman–Crippen MR) is 251 cm³/mol. The van der Waals surface area contributed by atoms with Crippen LogP contribution in [0.5, 0.6) is 0 Å². The molecule has 3 aromatic rings. The van der Waals surface area contributed by atoms with E-state index in [9.17, 15) is 0 Å². The monoisotopic (exact) mass is 842 g/mol. The van der Waals surface area contributed by atoms with E-state index in [2.05, 4.69) is 75.5 Å². The van der Waals surface area contributed by atoms with Crippen LogP contribution in [-0.4, -0.2) is 73.3 Å². The zero-order valence-electron chi connectivity index (χ0n) is 37.1. The van der Waals surface area contributed by atoms with Crippen molar-refractivity contribution in [3.63, 3.8) is 0 Å². The van der Waals surface area contributed by atoms with E-state index < -0.39 is 11.6 Å². The van der Waals surface area contributed by atoms with Crippen LogP contribution in [0.2, 0.25) is 0 Å². The van der Waals surface area contributed by atoms with E-state index in [1.165, 1.54) is 55.3 Å². The third-order valence-corrected chi connectivity index (χ3v) is 14.2. The first kappa shape index (κ1) is 43.5. The van der Waals surface area contributed by atoms with Gasteiger partial charge in [0, 0.05) is 78.3 Å². The van der Waals surface area contributed by atoms with Gasteiger partial charge in [0.1, 0.15) is 11.6 Å². The van der Waals surface area contributed by atoms with Gasteiger partial charge in [-0.05, 0) is 156 Å². The fraction of sp³-hybridized carbons (Fsp3) is 0.471. The number of hydrogen-bond acceptors (Lipinski definition) is 9. The van der Waals surface area contributed by atoms with Crippen molar-refractivity contribution in [3.05, 3.63) is 125 Å². The minimum atomic E-state index is -0.471. The Kier molecular flexibility index (Phi) is 13.1. The Hall–Kier alpha value is -5.13. The molecule has 0 saturated carbocycles. The number of rotatable bonds is 8. The lowest BCUT2D eigenvalue weighted by atomic mass is 9.71. The largest absolute Gasteiger partial charge is 0.391 e. The zero-order valence-corrected chi connectivity index (χ0v) is 37.1. The molecule has 3 saturated heterocycles. The van der Waals surface area contributed by atoms with Gasteiger partial charge in [-0.25, -0.2) is 13.8 Å². The van der Waals surface area contributed by atoms with Crippen LogP contribution >= 0.6 is 0 Å². The standard InChI is InChI=1S/C51H65F2N9/c1-33-9-7-8-10-45(55-6)42(30-54)47-29-40(25-35(3)57-47)36(4)58-50-59-46-14-12-39(28-48(46)62(50)31-33)32-61-23-18-51(19-24-61)16-21-60(22-17-51)20-15-38-26-43(52)49(44(53)27-38)41-13-11-34(2)56-37(41)5/h12,14,25-30,33,41,54-56H,2,4-5,7-11,13,15-24,31-32H2,1,3,6H3,(H,58,59)/b45-42+,54-30?/t33-,41?/m1/s1. The Morgan fingerprint density at radius 1 is 0.903 bits per heavy atom. The number of benzene rings is 2. The van der Waals surface area contributed by atoms with Crippen molar-refractivity contribution in [1.82, 2.24) is 25.4 Å². The van der Waals surface area contributed by atoms with Gasteiger partial charge >= 0.3 is 0 Å². The van der Waals surface area contributed by atoms with Crippen LogP contribution < -0.4 is 20.9 Å². The van der Waals surface area contributed by atoms with E-state index in [0.717, 1.165) is 123 Å². The molecule has 6 heterocycles. The van der Waals surface area contributed by atoms with E-state index in [-0.39, 0.29) is 11.5 Å². The fourth-order valence-electron chi connectivity index (χ4n) is 10.4. The van der Waals surface area contributed by atoms with Gasteiger partial charge in [0.25, 0.3) is 0 Å². The van der Waals surface area contributed by atoms with Crippen molar-refractivity contribution in [3.8, 4) is 0 Å². The molecule has 0 amide bonds. The third-order valence-electron chi connectivity index (χ3n) is 14.2. The van der Waals surface area contributed by atoms with Gasteiger partial charge in [-0.2, -0.15) is 0 Å². The summed E-state index contributed by atoms with van der Waals surface area (Å²) in [6.45, 7) is 23.5. The number of halogens is 2. The number of likely N-dealkylation sites (tertiary alicyclic amines) is 2. The molecule has 328 valence electrons. The molecule has 0 radical (unpaired) electrons. The van der Waals surface area contributed by atoms with Crippen LogP contribution in [0.4, 0.5) is 20.2 Å². The second kappa shape index (κ2) is 18.7. The maximum Gasteiger partial charge on any atom is 0.208 e. The first-order chi connectivity index (χ1) is 29.9. The molecule has 5 aliphatic heterocycles. The number of hydrogen-bond donors (Lipinski definition) is 4. The summed E-state index contributed by atoms with van der Waals surface area (Å²) in [6.07, 6.45) is 12.2. The van der Waals surface area contributed by atoms with E-state index in [4.69, 9.17) is 15.4 Å². The second-order valence-corrected chi connectivity index (χ2v) is 18.7. The van der Waals surface area contributed by atoms with Crippen molar-refractivity contribution in [1.29, 1.82) is 5.41 Å². The summed E-state index contributed by atoms with van der Waals surface area (Å²) >= 11 is 0. The molecule has 2 atom stereocenters. The van der Waals surface area contributed by atoms with Gasteiger partial charge in [-0.15, -0.1) is 0 Å².